The molecule has 10 heteroatoms. The Morgan fingerprint density at radius 1 is 1.30 bits per heavy atom. The lowest BCUT2D eigenvalue weighted by Gasteiger charge is -2.28. The van der Waals surface area contributed by atoms with Crippen molar-refractivity contribution in [1.82, 2.24) is 9.88 Å². The maximum Gasteiger partial charge on any atom is 0.266 e. The number of hydrogen-bond acceptors (Lipinski definition) is 6. The predicted molar refractivity (Wildman–Crippen MR) is 132 cm³/mol. The van der Waals surface area contributed by atoms with E-state index in [2.05, 4.69) is 38.9 Å². The van der Waals surface area contributed by atoms with Crippen molar-refractivity contribution in [2.45, 2.75) is 30.2 Å². The van der Waals surface area contributed by atoms with E-state index in [1.54, 1.807) is 0 Å². The molecule has 4 rings (SSSR count). The molecule has 1 N–H and O–H groups in total. The highest BCUT2D eigenvalue weighted by atomic mass is 35.5. The van der Waals surface area contributed by atoms with Crippen LogP contribution in [0, 0.1) is 5.82 Å². The van der Waals surface area contributed by atoms with Gasteiger partial charge in [-0.2, -0.15) is 0 Å². The van der Waals surface area contributed by atoms with Crippen LogP contribution in [0.25, 0.3) is 0 Å². The second-order valence-electron chi connectivity index (χ2n) is 8.16. The minimum atomic E-state index is -4.13. The Balaban J connectivity index is 1.39. The third-order valence-corrected chi connectivity index (χ3v) is 8.18. The molecule has 1 saturated heterocycles. The van der Waals surface area contributed by atoms with Gasteiger partial charge in [-0.25, -0.2) is 17.8 Å². The zero-order chi connectivity index (χ0) is 23.4. The van der Waals surface area contributed by atoms with Crippen molar-refractivity contribution in [3.05, 3.63) is 69.8 Å². The number of likely N-dealkylation sites (N-methyl/N-ethyl adjacent to an activating group) is 1. The number of nitrogens with zero attached hydrogens (tertiary/aromatic N) is 3. The second kappa shape index (κ2) is 10.4. The number of sulfonamides is 1. The summed E-state index contributed by atoms with van der Waals surface area (Å²) in [4.78, 5) is 7.75. The molecular formula is C23H26ClFN4O2S2. The van der Waals surface area contributed by atoms with Gasteiger partial charge in [0.25, 0.3) is 10.0 Å². The summed E-state index contributed by atoms with van der Waals surface area (Å²) in [6.45, 7) is 2.82. The minimum Gasteiger partial charge on any atom is -0.369 e. The van der Waals surface area contributed by atoms with Crippen LogP contribution in [0.1, 0.15) is 18.4 Å². The van der Waals surface area contributed by atoms with Gasteiger partial charge in [0, 0.05) is 37.6 Å². The monoisotopic (exact) mass is 508 g/mol. The molecule has 1 aliphatic heterocycles. The molecule has 1 aliphatic rings. The first-order valence-electron chi connectivity index (χ1n) is 10.7. The van der Waals surface area contributed by atoms with E-state index in [0.717, 1.165) is 38.9 Å². The van der Waals surface area contributed by atoms with Crippen molar-refractivity contribution in [3.8, 4) is 0 Å². The minimum absolute atomic E-state index is 0.148. The SMILES string of the molecule is CN(c1cc(F)c(S(=O)(=O)Nc2cscn2)cc1Cl)C1CCN(CCCc2ccccc2)C1. The van der Waals surface area contributed by atoms with Crippen molar-refractivity contribution in [1.29, 1.82) is 0 Å². The van der Waals surface area contributed by atoms with Gasteiger partial charge in [0.15, 0.2) is 5.82 Å². The van der Waals surface area contributed by atoms with E-state index >= 15 is 0 Å². The van der Waals surface area contributed by atoms with Crippen LogP contribution in [-0.2, 0) is 16.4 Å². The van der Waals surface area contributed by atoms with Gasteiger partial charge in [0.1, 0.15) is 10.7 Å². The zero-order valence-corrected chi connectivity index (χ0v) is 20.6. The van der Waals surface area contributed by atoms with Crippen LogP contribution in [0.5, 0.6) is 0 Å². The Kier molecular flexibility index (Phi) is 7.53. The molecule has 0 saturated carbocycles. The van der Waals surface area contributed by atoms with Gasteiger partial charge < -0.3 is 9.80 Å². The summed E-state index contributed by atoms with van der Waals surface area (Å²) in [7, 11) is -2.26. The summed E-state index contributed by atoms with van der Waals surface area (Å²) in [5.74, 6) is -0.697. The summed E-state index contributed by atoms with van der Waals surface area (Å²) in [5, 5.41) is 1.73. The molecular weight excluding hydrogens is 483 g/mol. The number of aromatic nitrogens is 1. The highest BCUT2D eigenvalue weighted by Gasteiger charge is 2.29. The van der Waals surface area contributed by atoms with Crippen LogP contribution in [0.3, 0.4) is 0 Å². The van der Waals surface area contributed by atoms with Gasteiger partial charge in [-0.15, -0.1) is 11.3 Å². The van der Waals surface area contributed by atoms with Crippen molar-refractivity contribution in [2.24, 2.45) is 0 Å². The number of aryl methyl sites for hydroxylation is 1. The van der Waals surface area contributed by atoms with Gasteiger partial charge in [0.05, 0.1) is 16.2 Å². The van der Waals surface area contributed by atoms with Crippen LogP contribution in [0.4, 0.5) is 15.9 Å². The number of nitrogens with one attached hydrogen (secondary N) is 1. The number of thiazole rings is 1. The standard InChI is InChI=1S/C23H26ClFN4O2S2/c1-28(18-9-11-29(14-18)10-5-8-17-6-3-2-4-7-17)21-13-20(25)22(12-19(21)24)33(30,31)27-23-15-32-16-26-23/h2-4,6-7,12-13,15-16,18,27H,5,8-11,14H2,1H3. The molecule has 1 fully saturated rings. The van der Waals surface area contributed by atoms with Gasteiger partial charge in [-0.3, -0.25) is 4.72 Å². The lowest BCUT2D eigenvalue weighted by atomic mass is 10.1. The molecule has 0 radical (unpaired) electrons. The molecule has 0 aliphatic carbocycles. The largest absolute Gasteiger partial charge is 0.369 e. The van der Waals surface area contributed by atoms with Crippen LogP contribution < -0.4 is 9.62 Å². The first-order chi connectivity index (χ1) is 15.8. The zero-order valence-electron chi connectivity index (χ0n) is 18.2. The fourth-order valence-electron chi connectivity index (χ4n) is 4.13. The summed E-state index contributed by atoms with van der Waals surface area (Å²) >= 11 is 7.66. The number of halogens is 2. The van der Waals surface area contributed by atoms with Gasteiger partial charge in [-0.05, 0) is 37.4 Å². The van der Waals surface area contributed by atoms with E-state index in [1.807, 2.05) is 18.0 Å². The third kappa shape index (κ3) is 5.84. The average molecular weight is 509 g/mol. The number of hydrogen-bond donors (Lipinski definition) is 1. The van der Waals surface area contributed by atoms with Gasteiger partial charge in [0.2, 0.25) is 0 Å². The molecule has 2 aromatic carbocycles. The van der Waals surface area contributed by atoms with Crippen molar-refractivity contribution in [3.63, 3.8) is 0 Å². The highest BCUT2D eigenvalue weighted by molar-refractivity contribution is 7.92. The van der Waals surface area contributed by atoms with E-state index in [9.17, 15) is 12.8 Å². The second-order valence-corrected chi connectivity index (χ2v) is 10.9. The number of anilines is 2. The first kappa shape index (κ1) is 23.9. The third-order valence-electron chi connectivity index (χ3n) is 5.92. The molecule has 1 atom stereocenters. The van der Waals surface area contributed by atoms with E-state index in [0.29, 0.717) is 5.69 Å². The molecule has 6 nitrogen and oxygen atoms in total. The number of rotatable bonds is 9. The highest BCUT2D eigenvalue weighted by Crippen LogP contribution is 2.33. The lowest BCUT2D eigenvalue weighted by Crippen LogP contribution is -2.35. The molecule has 0 bridgehead atoms. The van der Waals surface area contributed by atoms with Gasteiger partial charge >= 0.3 is 0 Å². The van der Waals surface area contributed by atoms with Crippen LogP contribution in [0.2, 0.25) is 5.02 Å². The van der Waals surface area contributed by atoms with Crippen molar-refractivity contribution in [2.75, 3.05) is 36.3 Å². The van der Waals surface area contributed by atoms with Gasteiger partial charge in [-0.1, -0.05) is 41.9 Å². The molecule has 3 aromatic rings. The summed E-state index contributed by atoms with van der Waals surface area (Å²) in [6, 6.07) is 13.0. The normalized spacial score (nSPS) is 16.8. The number of likely N-dealkylation sites (tertiary alicyclic amines) is 1. The van der Waals surface area contributed by atoms with E-state index in [4.69, 9.17) is 11.6 Å². The van der Waals surface area contributed by atoms with E-state index in [-0.39, 0.29) is 16.9 Å². The molecule has 1 unspecified atom stereocenters. The molecule has 0 amide bonds. The Labute approximate surface area is 203 Å². The Morgan fingerprint density at radius 3 is 2.82 bits per heavy atom. The molecule has 0 spiro atoms. The summed E-state index contributed by atoms with van der Waals surface area (Å²) < 4.78 is 42.3. The van der Waals surface area contributed by atoms with Crippen LogP contribution in [-0.4, -0.2) is 51.0 Å². The quantitative estimate of drug-likeness (QED) is 0.446. The average Bonchev–Trinajstić information content (AvgIpc) is 3.47. The topological polar surface area (TPSA) is 65.5 Å². The summed E-state index contributed by atoms with van der Waals surface area (Å²) in [5.41, 5.74) is 3.32. The predicted octanol–water partition coefficient (Wildman–Crippen LogP) is 4.88. The molecule has 1 aromatic heterocycles. The Hall–Kier alpha value is -2.20. The fourth-order valence-corrected chi connectivity index (χ4v) is 6.14. The van der Waals surface area contributed by atoms with E-state index < -0.39 is 20.7 Å². The summed E-state index contributed by atoms with van der Waals surface area (Å²) in [6.07, 6.45) is 3.05. The maximum atomic E-state index is 14.9. The van der Waals surface area contributed by atoms with E-state index in [1.165, 1.54) is 39.9 Å². The Morgan fingerprint density at radius 2 is 2.09 bits per heavy atom. The van der Waals surface area contributed by atoms with Crippen molar-refractivity contribution < 1.29 is 12.8 Å². The van der Waals surface area contributed by atoms with Crippen molar-refractivity contribution >= 4 is 44.5 Å². The molecule has 33 heavy (non-hydrogen) atoms. The smallest absolute Gasteiger partial charge is 0.266 e. The van der Waals surface area contributed by atoms with Crippen LogP contribution in [0.15, 0.2) is 58.3 Å². The number of benzene rings is 2. The maximum absolute atomic E-state index is 14.9. The fraction of sp³-hybridized carbons (Fsp3) is 0.348. The molecule has 176 valence electrons. The van der Waals surface area contributed by atoms with Crippen LogP contribution >= 0.6 is 22.9 Å². The first-order valence-corrected chi connectivity index (χ1v) is 13.5. The lowest BCUT2D eigenvalue weighted by molar-refractivity contribution is 0.328. The molecule has 2 heterocycles. The Bertz CT molecular complexity index is 1180.